The normalized spacial score (nSPS) is 17.4. The summed E-state index contributed by atoms with van der Waals surface area (Å²) < 4.78 is 5.45. The Hall–Kier alpha value is -2.23. The standard InChI is InChI=1S/C16H18N2O2/c1-17-13-6-3-2-5-12(13)16(19)18-14-7-4-8-15-11(14)9-10-20-15/h2-3,5-6,9-10,14,17H,4,7-8H2,1H3,(H,18,19). The number of furan rings is 1. The number of carbonyl (C=O) groups is 1. The van der Waals surface area contributed by atoms with E-state index in [9.17, 15) is 4.79 Å². The van der Waals surface area contributed by atoms with Gasteiger partial charge in [0.1, 0.15) is 5.76 Å². The van der Waals surface area contributed by atoms with Crippen LogP contribution in [0.5, 0.6) is 0 Å². The van der Waals surface area contributed by atoms with Gasteiger partial charge in [-0.05, 0) is 31.0 Å². The van der Waals surface area contributed by atoms with Crippen LogP contribution in [0.1, 0.15) is 40.6 Å². The van der Waals surface area contributed by atoms with Gasteiger partial charge in [-0.1, -0.05) is 12.1 Å². The minimum Gasteiger partial charge on any atom is -0.469 e. The average molecular weight is 270 g/mol. The molecule has 0 fully saturated rings. The lowest BCUT2D eigenvalue weighted by molar-refractivity contribution is 0.0933. The lowest BCUT2D eigenvalue weighted by Crippen LogP contribution is -2.30. The summed E-state index contributed by atoms with van der Waals surface area (Å²) in [4.78, 5) is 12.4. The molecule has 20 heavy (non-hydrogen) atoms. The number of benzene rings is 1. The molecular weight excluding hydrogens is 252 g/mol. The van der Waals surface area contributed by atoms with Gasteiger partial charge in [0, 0.05) is 24.7 Å². The highest BCUT2D eigenvalue weighted by molar-refractivity contribution is 5.99. The van der Waals surface area contributed by atoms with Gasteiger partial charge in [-0.15, -0.1) is 0 Å². The first-order chi connectivity index (χ1) is 9.79. The Kier molecular flexibility index (Phi) is 3.46. The van der Waals surface area contributed by atoms with E-state index in [1.165, 1.54) is 0 Å². The monoisotopic (exact) mass is 270 g/mol. The molecule has 1 amide bonds. The first-order valence-corrected chi connectivity index (χ1v) is 6.93. The molecule has 4 heteroatoms. The highest BCUT2D eigenvalue weighted by Crippen LogP contribution is 2.30. The Bertz CT molecular complexity index is 618. The second-order valence-electron chi connectivity index (χ2n) is 5.01. The summed E-state index contributed by atoms with van der Waals surface area (Å²) >= 11 is 0. The minimum atomic E-state index is -0.0472. The highest BCUT2D eigenvalue weighted by Gasteiger charge is 2.24. The van der Waals surface area contributed by atoms with Crippen LogP contribution in [-0.2, 0) is 6.42 Å². The highest BCUT2D eigenvalue weighted by atomic mass is 16.3. The fourth-order valence-corrected chi connectivity index (χ4v) is 2.77. The van der Waals surface area contributed by atoms with Gasteiger partial charge >= 0.3 is 0 Å². The predicted molar refractivity (Wildman–Crippen MR) is 77.8 cm³/mol. The maximum absolute atomic E-state index is 12.4. The number of hydrogen-bond donors (Lipinski definition) is 2. The molecule has 1 heterocycles. The third kappa shape index (κ3) is 2.29. The zero-order chi connectivity index (χ0) is 13.9. The second kappa shape index (κ2) is 5.41. The van der Waals surface area contributed by atoms with E-state index in [4.69, 9.17) is 4.42 Å². The van der Waals surface area contributed by atoms with E-state index in [1.807, 2.05) is 37.4 Å². The topological polar surface area (TPSA) is 54.3 Å². The maximum atomic E-state index is 12.4. The van der Waals surface area contributed by atoms with Crippen molar-refractivity contribution in [1.82, 2.24) is 5.32 Å². The van der Waals surface area contributed by atoms with Crippen molar-refractivity contribution in [2.24, 2.45) is 0 Å². The SMILES string of the molecule is CNc1ccccc1C(=O)NC1CCCc2occc21. The number of hydrogen-bond acceptors (Lipinski definition) is 3. The van der Waals surface area contributed by atoms with E-state index in [2.05, 4.69) is 10.6 Å². The molecule has 1 aromatic heterocycles. The molecule has 1 aliphatic carbocycles. The quantitative estimate of drug-likeness (QED) is 0.901. The van der Waals surface area contributed by atoms with E-state index in [-0.39, 0.29) is 11.9 Å². The molecule has 1 aromatic carbocycles. The van der Waals surface area contributed by atoms with Crippen LogP contribution in [-0.4, -0.2) is 13.0 Å². The Morgan fingerprint density at radius 2 is 2.15 bits per heavy atom. The van der Waals surface area contributed by atoms with Crippen LogP contribution in [0.3, 0.4) is 0 Å². The van der Waals surface area contributed by atoms with Crippen LogP contribution < -0.4 is 10.6 Å². The Morgan fingerprint density at radius 1 is 1.30 bits per heavy atom. The molecule has 0 aliphatic heterocycles. The molecular formula is C16H18N2O2. The molecule has 0 bridgehead atoms. The van der Waals surface area contributed by atoms with Crippen molar-refractivity contribution in [3.05, 3.63) is 53.5 Å². The van der Waals surface area contributed by atoms with E-state index < -0.39 is 0 Å². The summed E-state index contributed by atoms with van der Waals surface area (Å²) in [7, 11) is 1.82. The van der Waals surface area contributed by atoms with Crippen molar-refractivity contribution in [3.63, 3.8) is 0 Å². The van der Waals surface area contributed by atoms with Gasteiger partial charge in [-0.25, -0.2) is 0 Å². The van der Waals surface area contributed by atoms with Crippen molar-refractivity contribution in [2.45, 2.75) is 25.3 Å². The molecule has 1 atom stereocenters. The zero-order valence-electron chi connectivity index (χ0n) is 11.5. The Morgan fingerprint density at radius 3 is 3.00 bits per heavy atom. The summed E-state index contributed by atoms with van der Waals surface area (Å²) in [5, 5.41) is 6.16. The van der Waals surface area contributed by atoms with E-state index in [1.54, 1.807) is 6.26 Å². The largest absolute Gasteiger partial charge is 0.469 e. The Balaban J connectivity index is 1.81. The summed E-state index contributed by atoms with van der Waals surface area (Å²) in [5.41, 5.74) is 2.63. The summed E-state index contributed by atoms with van der Waals surface area (Å²) in [5.74, 6) is 0.956. The second-order valence-corrected chi connectivity index (χ2v) is 5.01. The summed E-state index contributed by atoms with van der Waals surface area (Å²) in [6.45, 7) is 0. The number of aryl methyl sites for hydroxylation is 1. The number of nitrogens with one attached hydrogen (secondary N) is 2. The van der Waals surface area contributed by atoms with Crippen molar-refractivity contribution < 1.29 is 9.21 Å². The number of amides is 1. The molecule has 0 radical (unpaired) electrons. The third-order valence-corrected chi connectivity index (χ3v) is 3.80. The van der Waals surface area contributed by atoms with Crippen molar-refractivity contribution in [2.75, 3.05) is 12.4 Å². The van der Waals surface area contributed by atoms with Crippen LogP contribution >= 0.6 is 0 Å². The number of carbonyl (C=O) groups excluding carboxylic acids is 1. The van der Waals surface area contributed by atoms with Crippen molar-refractivity contribution in [3.8, 4) is 0 Å². The molecule has 3 rings (SSSR count). The minimum absolute atomic E-state index is 0.0472. The number of para-hydroxylation sites is 1. The Labute approximate surface area is 118 Å². The van der Waals surface area contributed by atoms with Crippen molar-refractivity contribution in [1.29, 1.82) is 0 Å². The predicted octanol–water partition coefficient (Wildman–Crippen LogP) is 3.13. The van der Waals surface area contributed by atoms with E-state index in [0.717, 1.165) is 36.3 Å². The van der Waals surface area contributed by atoms with Gasteiger partial charge in [-0.3, -0.25) is 4.79 Å². The average Bonchev–Trinajstić information content (AvgIpc) is 2.96. The molecule has 2 aromatic rings. The van der Waals surface area contributed by atoms with Gasteiger partial charge < -0.3 is 15.1 Å². The van der Waals surface area contributed by atoms with Crippen LogP contribution in [0.2, 0.25) is 0 Å². The van der Waals surface area contributed by atoms with E-state index in [0.29, 0.717) is 5.56 Å². The molecule has 0 saturated carbocycles. The number of rotatable bonds is 3. The van der Waals surface area contributed by atoms with Gasteiger partial charge in [-0.2, -0.15) is 0 Å². The number of anilines is 1. The summed E-state index contributed by atoms with van der Waals surface area (Å²) in [6.07, 6.45) is 4.66. The van der Waals surface area contributed by atoms with Crippen LogP contribution in [0, 0.1) is 0 Å². The van der Waals surface area contributed by atoms with Crippen LogP contribution in [0.25, 0.3) is 0 Å². The first-order valence-electron chi connectivity index (χ1n) is 6.93. The lowest BCUT2D eigenvalue weighted by atomic mass is 9.93. The zero-order valence-corrected chi connectivity index (χ0v) is 11.5. The molecule has 0 spiro atoms. The molecule has 1 aliphatic rings. The summed E-state index contributed by atoms with van der Waals surface area (Å²) in [6, 6.07) is 9.54. The fourth-order valence-electron chi connectivity index (χ4n) is 2.77. The molecule has 104 valence electrons. The maximum Gasteiger partial charge on any atom is 0.253 e. The first kappa shape index (κ1) is 12.8. The third-order valence-electron chi connectivity index (χ3n) is 3.80. The molecule has 4 nitrogen and oxygen atoms in total. The molecule has 0 saturated heterocycles. The number of fused-ring (bicyclic) bond motifs is 1. The molecule has 2 N–H and O–H groups in total. The fraction of sp³-hybridized carbons (Fsp3) is 0.312. The van der Waals surface area contributed by atoms with Gasteiger partial charge in [0.05, 0.1) is 17.9 Å². The lowest BCUT2D eigenvalue weighted by Gasteiger charge is -2.23. The van der Waals surface area contributed by atoms with E-state index >= 15 is 0 Å². The van der Waals surface area contributed by atoms with Gasteiger partial charge in [0.2, 0.25) is 0 Å². The van der Waals surface area contributed by atoms with Crippen LogP contribution in [0.4, 0.5) is 5.69 Å². The molecule has 1 unspecified atom stereocenters. The van der Waals surface area contributed by atoms with Gasteiger partial charge in [0.15, 0.2) is 0 Å². The smallest absolute Gasteiger partial charge is 0.253 e. The van der Waals surface area contributed by atoms with Crippen LogP contribution in [0.15, 0.2) is 41.0 Å². The van der Waals surface area contributed by atoms with Crippen molar-refractivity contribution >= 4 is 11.6 Å². The van der Waals surface area contributed by atoms with Gasteiger partial charge in [0.25, 0.3) is 5.91 Å².